The van der Waals surface area contributed by atoms with E-state index in [4.69, 9.17) is 9.47 Å². The Morgan fingerprint density at radius 2 is 2.06 bits per heavy atom. The van der Waals surface area contributed by atoms with Crippen molar-refractivity contribution in [2.45, 2.75) is 18.9 Å². The third-order valence-corrected chi connectivity index (χ3v) is 3.24. The van der Waals surface area contributed by atoms with Gasteiger partial charge in [-0.05, 0) is 12.8 Å². The normalized spacial score (nSPS) is 25.0. The smallest absolute Gasteiger partial charge is 0.331 e. The largest absolute Gasteiger partial charge is 0.467 e. The Kier molecular flexibility index (Phi) is 3.78. The third kappa shape index (κ3) is 2.49. The summed E-state index contributed by atoms with van der Waals surface area (Å²) in [7, 11) is 1.33. The van der Waals surface area contributed by atoms with Crippen LogP contribution in [0, 0.1) is 5.92 Å². The second-order valence-corrected chi connectivity index (χ2v) is 4.29. The molecule has 0 bridgehead atoms. The van der Waals surface area contributed by atoms with Crippen LogP contribution in [0.1, 0.15) is 12.8 Å². The van der Waals surface area contributed by atoms with Crippen LogP contribution < -0.4 is 0 Å². The number of hydrogen-bond acceptors (Lipinski definition) is 4. The van der Waals surface area contributed by atoms with Gasteiger partial charge in [0, 0.05) is 12.5 Å². The first-order valence-electron chi connectivity index (χ1n) is 5.85. The maximum absolute atomic E-state index is 12.3. The first-order valence-corrected chi connectivity index (χ1v) is 5.85. The lowest BCUT2D eigenvalue weighted by molar-refractivity contribution is -0.162. The molecule has 0 spiro atoms. The number of carbonyl (C=O) groups excluding carboxylic acids is 2. The molecule has 94 valence electrons. The summed E-state index contributed by atoms with van der Waals surface area (Å²) in [6, 6.07) is -0.582. The van der Waals surface area contributed by atoms with Crippen LogP contribution in [0.15, 0.2) is 12.2 Å². The number of carbonyl (C=O) groups is 2. The number of hydrogen-bond donors (Lipinski definition) is 0. The summed E-state index contributed by atoms with van der Waals surface area (Å²) in [6.45, 7) is 1.19. The molecule has 17 heavy (non-hydrogen) atoms. The number of amides is 1. The van der Waals surface area contributed by atoms with E-state index in [1.807, 2.05) is 12.2 Å². The van der Waals surface area contributed by atoms with Crippen molar-refractivity contribution < 1.29 is 19.1 Å². The van der Waals surface area contributed by atoms with Gasteiger partial charge in [-0.15, -0.1) is 0 Å². The average Bonchev–Trinajstić information content (AvgIpc) is 2.91. The minimum atomic E-state index is -0.582. The number of methoxy groups -OCH3 is 1. The van der Waals surface area contributed by atoms with E-state index in [1.165, 1.54) is 7.11 Å². The van der Waals surface area contributed by atoms with Crippen LogP contribution in [0.2, 0.25) is 0 Å². The van der Waals surface area contributed by atoms with Crippen LogP contribution in [0.4, 0.5) is 0 Å². The van der Waals surface area contributed by atoms with E-state index in [0.717, 1.165) is 12.8 Å². The van der Waals surface area contributed by atoms with E-state index >= 15 is 0 Å². The maximum atomic E-state index is 12.3. The Balaban J connectivity index is 2.05. The van der Waals surface area contributed by atoms with Gasteiger partial charge in [-0.1, -0.05) is 12.2 Å². The summed E-state index contributed by atoms with van der Waals surface area (Å²) in [5, 5.41) is 0. The van der Waals surface area contributed by atoms with Crippen molar-refractivity contribution >= 4 is 11.9 Å². The molecule has 1 atom stereocenters. The van der Waals surface area contributed by atoms with Crippen molar-refractivity contribution in [3.63, 3.8) is 0 Å². The molecule has 2 aliphatic rings. The van der Waals surface area contributed by atoms with Gasteiger partial charge in [-0.25, -0.2) is 4.79 Å². The Bertz CT molecular complexity index is 331. The lowest BCUT2D eigenvalue weighted by atomic mass is 10.0. The van der Waals surface area contributed by atoms with E-state index in [1.54, 1.807) is 4.90 Å². The van der Waals surface area contributed by atoms with Gasteiger partial charge in [0.05, 0.1) is 20.3 Å². The summed E-state index contributed by atoms with van der Waals surface area (Å²) < 4.78 is 9.94. The van der Waals surface area contributed by atoms with Crippen LogP contribution in [-0.4, -0.2) is 49.7 Å². The molecule has 1 unspecified atom stereocenters. The zero-order valence-electron chi connectivity index (χ0n) is 9.93. The average molecular weight is 239 g/mol. The van der Waals surface area contributed by atoms with Crippen LogP contribution in [0.25, 0.3) is 0 Å². The quantitative estimate of drug-likeness (QED) is 0.515. The van der Waals surface area contributed by atoms with Gasteiger partial charge in [0.1, 0.15) is 0 Å². The number of nitrogens with zero attached hydrogens (tertiary/aromatic N) is 1. The number of allylic oxidation sites excluding steroid dienone is 2. The van der Waals surface area contributed by atoms with Gasteiger partial charge in [-0.3, -0.25) is 4.79 Å². The van der Waals surface area contributed by atoms with Crippen molar-refractivity contribution in [1.82, 2.24) is 4.90 Å². The summed E-state index contributed by atoms with van der Waals surface area (Å²) >= 11 is 0. The van der Waals surface area contributed by atoms with E-state index in [9.17, 15) is 9.59 Å². The molecule has 0 aromatic heterocycles. The first-order chi connectivity index (χ1) is 8.24. The molecular formula is C12H17NO4. The van der Waals surface area contributed by atoms with Crippen LogP contribution in [0.3, 0.4) is 0 Å². The lowest BCUT2D eigenvalue weighted by Crippen LogP contribution is -2.54. The molecule has 2 rings (SSSR count). The number of ether oxygens (including phenoxy) is 2. The van der Waals surface area contributed by atoms with Gasteiger partial charge in [0.25, 0.3) is 0 Å². The molecule has 1 saturated heterocycles. The summed E-state index contributed by atoms with van der Waals surface area (Å²) in [5.74, 6) is -0.377. The van der Waals surface area contributed by atoms with E-state index in [2.05, 4.69) is 0 Å². The zero-order chi connectivity index (χ0) is 12.3. The standard InChI is InChI=1S/C12H17NO4/c1-16-12(15)10-8-17-7-6-13(10)11(14)9-4-2-3-5-9/h2-3,9-10H,4-8H2,1H3. The molecule has 1 aliphatic heterocycles. The highest BCUT2D eigenvalue weighted by Crippen LogP contribution is 2.22. The molecule has 1 heterocycles. The predicted octanol–water partition coefficient (Wildman–Crippen LogP) is 0.353. The van der Waals surface area contributed by atoms with Gasteiger partial charge in [0.2, 0.25) is 5.91 Å². The minimum absolute atomic E-state index is 0.0137. The maximum Gasteiger partial charge on any atom is 0.331 e. The zero-order valence-corrected chi connectivity index (χ0v) is 9.93. The van der Waals surface area contributed by atoms with E-state index < -0.39 is 12.0 Å². The molecule has 1 aliphatic carbocycles. The fourth-order valence-corrected chi connectivity index (χ4v) is 2.25. The van der Waals surface area contributed by atoms with Crippen LogP contribution >= 0.6 is 0 Å². The van der Waals surface area contributed by atoms with Gasteiger partial charge >= 0.3 is 5.97 Å². The summed E-state index contributed by atoms with van der Waals surface area (Å²) in [6.07, 6.45) is 5.56. The van der Waals surface area contributed by atoms with Crippen molar-refractivity contribution in [1.29, 1.82) is 0 Å². The number of esters is 1. The fourth-order valence-electron chi connectivity index (χ4n) is 2.25. The topological polar surface area (TPSA) is 55.8 Å². The van der Waals surface area contributed by atoms with Crippen LogP contribution in [0.5, 0.6) is 0 Å². The highest BCUT2D eigenvalue weighted by molar-refractivity contribution is 5.86. The van der Waals surface area contributed by atoms with Gasteiger partial charge in [0.15, 0.2) is 6.04 Å². The Hall–Kier alpha value is -1.36. The molecule has 5 nitrogen and oxygen atoms in total. The molecule has 0 aromatic carbocycles. The van der Waals surface area contributed by atoms with Crippen molar-refractivity contribution in [3.8, 4) is 0 Å². The molecule has 0 radical (unpaired) electrons. The highest BCUT2D eigenvalue weighted by atomic mass is 16.5. The molecule has 5 heteroatoms. The van der Waals surface area contributed by atoms with E-state index in [0.29, 0.717) is 13.2 Å². The predicted molar refractivity (Wildman–Crippen MR) is 60.2 cm³/mol. The van der Waals surface area contributed by atoms with Crippen molar-refractivity contribution in [3.05, 3.63) is 12.2 Å². The minimum Gasteiger partial charge on any atom is -0.467 e. The Morgan fingerprint density at radius 1 is 1.35 bits per heavy atom. The fraction of sp³-hybridized carbons (Fsp3) is 0.667. The molecule has 0 N–H and O–H groups in total. The van der Waals surface area contributed by atoms with Crippen molar-refractivity contribution in [2.24, 2.45) is 5.92 Å². The molecule has 1 amide bonds. The highest BCUT2D eigenvalue weighted by Gasteiger charge is 2.36. The Labute approximate surface area is 100 Å². The summed E-state index contributed by atoms with van der Waals surface area (Å²) in [4.78, 5) is 25.4. The molecule has 0 saturated carbocycles. The van der Waals surface area contributed by atoms with Gasteiger partial charge in [-0.2, -0.15) is 0 Å². The second kappa shape index (κ2) is 5.31. The third-order valence-electron chi connectivity index (χ3n) is 3.24. The molecular weight excluding hydrogens is 222 g/mol. The monoisotopic (exact) mass is 239 g/mol. The second-order valence-electron chi connectivity index (χ2n) is 4.29. The van der Waals surface area contributed by atoms with Gasteiger partial charge < -0.3 is 14.4 Å². The van der Waals surface area contributed by atoms with Crippen LogP contribution in [-0.2, 0) is 19.1 Å². The number of rotatable bonds is 2. The number of morpholine rings is 1. The first kappa shape index (κ1) is 12.1. The summed E-state index contributed by atoms with van der Waals surface area (Å²) in [5.41, 5.74) is 0. The van der Waals surface area contributed by atoms with E-state index in [-0.39, 0.29) is 18.4 Å². The molecule has 1 fully saturated rings. The SMILES string of the molecule is COC(=O)C1COCCN1C(=O)C1CC=CC1. The van der Waals surface area contributed by atoms with Crippen molar-refractivity contribution in [2.75, 3.05) is 26.9 Å². The lowest BCUT2D eigenvalue weighted by Gasteiger charge is -2.35. The Morgan fingerprint density at radius 3 is 2.71 bits per heavy atom. The molecule has 0 aromatic rings.